The van der Waals surface area contributed by atoms with Crippen LogP contribution in [0.15, 0.2) is 6.07 Å². The Hall–Kier alpha value is 0.400. The van der Waals surface area contributed by atoms with E-state index in [1.54, 1.807) is 45.2 Å². The molecule has 1 aromatic rings. The predicted molar refractivity (Wildman–Crippen MR) is 54.6 cm³/mol. The molecule has 1 heterocycles. The average molecular weight is 399 g/mol. The monoisotopic (exact) mass is 399 g/mol. The van der Waals surface area contributed by atoms with Gasteiger partial charge in [0, 0.05) is 3.57 Å². The van der Waals surface area contributed by atoms with Gasteiger partial charge in [0.05, 0.1) is 3.57 Å². The van der Waals surface area contributed by atoms with Gasteiger partial charge in [0.25, 0.3) is 6.43 Å². The molecule has 0 aliphatic heterocycles. The summed E-state index contributed by atoms with van der Waals surface area (Å²) in [4.78, 5) is 3.14. The summed E-state index contributed by atoms with van der Waals surface area (Å²) in [5.41, 5.74) is -0.492. The van der Waals surface area contributed by atoms with Crippen molar-refractivity contribution in [2.75, 3.05) is 0 Å². The molecule has 0 aliphatic carbocycles. The molecule has 6 heteroatoms. The minimum Gasteiger partial charge on any atom is -0.217 e. The second-order valence-electron chi connectivity index (χ2n) is 1.93. The van der Waals surface area contributed by atoms with Crippen molar-refractivity contribution in [1.82, 2.24) is 4.98 Å². The number of nitrogens with zero attached hydrogens (tertiary/aromatic N) is 1. The minimum absolute atomic E-state index is 0.251. The Morgan fingerprint density at radius 3 is 2.33 bits per heavy atom. The topological polar surface area (TPSA) is 12.9 Å². The van der Waals surface area contributed by atoms with Crippen LogP contribution >= 0.6 is 45.2 Å². The van der Waals surface area contributed by atoms with Crippen LogP contribution in [0.5, 0.6) is 0 Å². The average Bonchev–Trinajstić information content (AvgIpc) is 1.96. The molecule has 0 aromatic carbocycles. The third-order valence-electron chi connectivity index (χ3n) is 1.12. The Morgan fingerprint density at radius 2 is 1.83 bits per heavy atom. The molecule has 0 N–H and O–H groups in total. The molecular formula is C6H2F3I2N. The first-order valence-corrected chi connectivity index (χ1v) is 4.97. The van der Waals surface area contributed by atoms with E-state index in [1.165, 1.54) is 6.07 Å². The van der Waals surface area contributed by atoms with Gasteiger partial charge in [0.2, 0.25) is 5.95 Å². The highest BCUT2D eigenvalue weighted by Gasteiger charge is 2.16. The summed E-state index contributed by atoms with van der Waals surface area (Å²) < 4.78 is 37.4. The van der Waals surface area contributed by atoms with E-state index >= 15 is 0 Å². The third kappa shape index (κ3) is 2.21. The van der Waals surface area contributed by atoms with Crippen LogP contribution < -0.4 is 0 Å². The molecule has 0 fully saturated rings. The lowest BCUT2D eigenvalue weighted by Gasteiger charge is -2.02. The maximum absolute atomic E-state index is 12.7. The van der Waals surface area contributed by atoms with Gasteiger partial charge in [-0.2, -0.15) is 4.39 Å². The molecule has 0 aliphatic rings. The quantitative estimate of drug-likeness (QED) is 0.522. The first-order chi connectivity index (χ1) is 5.52. The molecule has 0 saturated heterocycles. The number of rotatable bonds is 1. The van der Waals surface area contributed by atoms with Crippen LogP contribution in [0.1, 0.15) is 12.1 Å². The van der Waals surface area contributed by atoms with Gasteiger partial charge < -0.3 is 0 Å². The molecule has 0 atom stereocenters. The maximum Gasteiger partial charge on any atom is 0.281 e. The summed E-state index contributed by atoms with van der Waals surface area (Å²) in [6.07, 6.45) is -2.72. The van der Waals surface area contributed by atoms with Gasteiger partial charge in [-0.3, -0.25) is 0 Å². The number of halogens is 5. The van der Waals surface area contributed by atoms with Crippen LogP contribution in [-0.4, -0.2) is 4.98 Å². The van der Waals surface area contributed by atoms with Gasteiger partial charge in [-0.25, -0.2) is 13.8 Å². The molecule has 0 saturated carbocycles. The van der Waals surface area contributed by atoms with Crippen molar-refractivity contribution in [3.63, 3.8) is 0 Å². The number of aromatic nitrogens is 1. The minimum atomic E-state index is -2.72. The summed E-state index contributed by atoms with van der Waals surface area (Å²) in [6, 6.07) is 1.34. The standard InChI is InChI=1S/C6H2F3I2N/c7-5(8)4-2(10)1-3(11)6(9)12-4/h1,5H. The molecule has 12 heavy (non-hydrogen) atoms. The highest BCUT2D eigenvalue weighted by molar-refractivity contribution is 14.1. The van der Waals surface area contributed by atoms with Crippen LogP contribution in [0.4, 0.5) is 13.2 Å². The zero-order valence-electron chi connectivity index (χ0n) is 5.49. The van der Waals surface area contributed by atoms with Crippen molar-refractivity contribution in [2.24, 2.45) is 0 Å². The largest absolute Gasteiger partial charge is 0.281 e. The third-order valence-corrected chi connectivity index (χ3v) is 2.74. The van der Waals surface area contributed by atoms with Gasteiger partial charge in [0.1, 0.15) is 5.69 Å². The molecule has 0 unspecified atom stereocenters. The van der Waals surface area contributed by atoms with Gasteiger partial charge in [-0.15, -0.1) is 0 Å². The van der Waals surface area contributed by atoms with E-state index in [4.69, 9.17) is 0 Å². The van der Waals surface area contributed by atoms with E-state index in [-0.39, 0.29) is 7.14 Å². The number of hydrogen-bond donors (Lipinski definition) is 0. The molecule has 0 spiro atoms. The van der Waals surface area contributed by atoms with Crippen LogP contribution in [0, 0.1) is 13.1 Å². The highest BCUT2D eigenvalue weighted by Crippen LogP contribution is 2.24. The molecule has 0 bridgehead atoms. The van der Waals surface area contributed by atoms with E-state index in [2.05, 4.69) is 4.98 Å². The molecule has 66 valence electrons. The second kappa shape index (κ2) is 4.07. The molecular weight excluding hydrogens is 397 g/mol. The fourth-order valence-electron chi connectivity index (χ4n) is 0.610. The fraction of sp³-hybridized carbons (Fsp3) is 0.167. The van der Waals surface area contributed by atoms with E-state index in [0.717, 1.165) is 0 Å². The molecule has 0 radical (unpaired) electrons. The zero-order chi connectivity index (χ0) is 9.30. The fourth-order valence-corrected chi connectivity index (χ4v) is 2.31. The van der Waals surface area contributed by atoms with Crippen LogP contribution in [0.2, 0.25) is 0 Å². The lowest BCUT2D eigenvalue weighted by atomic mass is 10.4. The van der Waals surface area contributed by atoms with E-state index in [0.29, 0.717) is 0 Å². The Morgan fingerprint density at radius 1 is 1.25 bits per heavy atom. The predicted octanol–water partition coefficient (Wildman–Crippen LogP) is 3.37. The summed E-state index contributed by atoms with van der Waals surface area (Å²) in [5.74, 6) is -0.841. The van der Waals surface area contributed by atoms with Crippen molar-refractivity contribution < 1.29 is 13.2 Å². The smallest absolute Gasteiger partial charge is 0.217 e. The Bertz CT molecular complexity index is 303. The normalized spacial score (nSPS) is 10.8. The van der Waals surface area contributed by atoms with Crippen LogP contribution in [0.25, 0.3) is 0 Å². The van der Waals surface area contributed by atoms with Crippen molar-refractivity contribution >= 4 is 45.2 Å². The number of alkyl halides is 2. The van der Waals surface area contributed by atoms with Crippen molar-refractivity contribution in [3.05, 3.63) is 24.8 Å². The summed E-state index contributed by atoms with van der Waals surface area (Å²) in [7, 11) is 0. The van der Waals surface area contributed by atoms with Gasteiger partial charge in [0.15, 0.2) is 0 Å². The molecule has 0 amide bonds. The van der Waals surface area contributed by atoms with Crippen LogP contribution in [0.3, 0.4) is 0 Å². The Kier molecular flexibility index (Phi) is 3.56. The lowest BCUT2D eigenvalue weighted by molar-refractivity contribution is 0.143. The van der Waals surface area contributed by atoms with Gasteiger partial charge >= 0.3 is 0 Å². The SMILES string of the molecule is Fc1nc(C(F)F)c(I)cc1I. The Labute approximate surface area is 94.0 Å². The number of pyridine rings is 1. The number of hydrogen-bond acceptors (Lipinski definition) is 1. The van der Waals surface area contributed by atoms with E-state index in [1.807, 2.05) is 0 Å². The maximum atomic E-state index is 12.7. The second-order valence-corrected chi connectivity index (χ2v) is 4.25. The summed E-state index contributed by atoms with van der Waals surface area (Å²) in [6.45, 7) is 0. The first kappa shape index (κ1) is 10.5. The van der Waals surface area contributed by atoms with Crippen LogP contribution in [-0.2, 0) is 0 Å². The van der Waals surface area contributed by atoms with Crippen molar-refractivity contribution in [3.8, 4) is 0 Å². The van der Waals surface area contributed by atoms with E-state index < -0.39 is 18.1 Å². The molecule has 1 nitrogen and oxygen atoms in total. The molecule has 1 rings (SSSR count). The highest BCUT2D eigenvalue weighted by atomic mass is 127. The van der Waals surface area contributed by atoms with Crippen molar-refractivity contribution in [2.45, 2.75) is 6.43 Å². The zero-order valence-corrected chi connectivity index (χ0v) is 9.81. The van der Waals surface area contributed by atoms with Crippen molar-refractivity contribution in [1.29, 1.82) is 0 Å². The Balaban J connectivity index is 3.23. The summed E-state index contributed by atoms with van der Waals surface area (Å²) >= 11 is 3.41. The van der Waals surface area contributed by atoms with E-state index in [9.17, 15) is 13.2 Å². The first-order valence-electron chi connectivity index (χ1n) is 2.82. The summed E-state index contributed by atoms with van der Waals surface area (Å²) in [5, 5.41) is 0. The van der Waals surface area contributed by atoms with Gasteiger partial charge in [-0.1, -0.05) is 0 Å². The van der Waals surface area contributed by atoms with Gasteiger partial charge in [-0.05, 0) is 51.2 Å². The lowest BCUT2D eigenvalue weighted by Crippen LogP contribution is -1.99. The molecule has 1 aromatic heterocycles.